The molecule has 2 rings (SSSR count). The molecule has 0 aliphatic carbocycles. The summed E-state index contributed by atoms with van der Waals surface area (Å²) in [6, 6.07) is 10.8. The van der Waals surface area contributed by atoms with E-state index >= 15 is 0 Å². The van der Waals surface area contributed by atoms with Crippen LogP contribution in [-0.4, -0.2) is 39.9 Å². The molecular weight excluding hydrogens is 439 g/mol. The van der Waals surface area contributed by atoms with Gasteiger partial charge in [0, 0.05) is 31.5 Å². The van der Waals surface area contributed by atoms with Crippen molar-refractivity contribution >= 4 is 29.9 Å². The van der Waals surface area contributed by atoms with Crippen LogP contribution in [0.2, 0.25) is 0 Å². The normalized spacial score (nSPS) is 13.6. The van der Waals surface area contributed by atoms with Crippen LogP contribution in [-0.2, 0) is 13.0 Å². The first-order chi connectivity index (χ1) is 12.2. The number of aliphatic imine (C=N–C) groups is 1. The van der Waals surface area contributed by atoms with E-state index in [-0.39, 0.29) is 30.0 Å². The van der Waals surface area contributed by atoms with Gasteiger partial charge in [0.05, 0.1) is 6.54 Å². The van der Waals surface area contributed by atoms with E-state index < -0.39 is 0 Å². The number of aromatic nitrogens is 3. The van der Waals surface area contributed by atoms with Gasteiger partial charge in [0.25, 0.3) is 0 Å². The molecule has 0 saturated heterocycles. The number of guanidine groups is 1. The molecule has 2 unspecified atom stereocenters. The molecule has 0 spiro atoms. The Bertz CT molecular complexity index is 655. The first-order valence-corrected chi connectivity index (χ1v) is 9.12. The fraction of sp³-hybridized carbons (Fsp3) is 0.526. The van der Waals surface area contributed by atoms with Crippen LogP contribution in [0.5, 0.6) is 0 Å². The number of aryl methyl sites for hydroxylation is 1. The molecule has 0 saturated carbocycles. The maximum Gasteiger partial charge on any atom is 0.191 e. The largest absolute Gasteiger partial charge is 0.357 e. The summed E-state index contributed by atoms with van der Waals surface area (Å²) in [6.07, 6.45) is 2.66. The highest BCUT2D eigenvalue weighted by atomic mass is 127. The van der Waals surface area contributed by atoms with E-state index in [1.807, 2.05) is 0 Å². The fourth-order valence-corrected chi connectivity index (χ4v) is 2.71. The van der Waals surface area contributed by atoms with Crippen LogP contribution in [0.3, 0.4) is 0 Å². The number of benzene rings is 1. The van der Waals surface area contributed by atoms with Gasteiger partial charge in [-0.1, -0.05) is 44.2 Å². The van der Waals surface area contributed by atoms with Gasteiger partial charge in [-0.15, -0.1) is 34.2 Å². The van der Waals surface area contributed by atoms with E-state index in [1.54, 1.807) is 6.33 Å². The maximum absolute atomic E-state index is 4.70. The molecule has 2 aromatic rings. The molecule has 26 heavy (non-hydrogen) atoms. The molecule has 0 bridgehead atoms. The third-order valence-electron chi connectivity index (χ3n) is 4.41. The van der Waals surface area contributed by atoms with Gasteiger partial charge in [0.1, 0.15) is 12.2 Å². The molecule has 2 atom stereocenters. The Hall–Kier alpha value is -1.64. The average molecular weight is 470 g/mol. The van der Waals surface area contributed by atoms with E-state index in [0.29, 0.717) is 12.5 Å². The van der Waals surface area contributed by atoms with Crippen LogP contribution in [0.1, 0.15) is 45.0 Å². The highest BCUT2D eigenvalue weighted by Crippen LogP contribution is 2.18. The predicted octanol–water partition coefficient (Wildman–Crippen LogP) is 3.21. The topological polar surface area (TPSA) is 67.1 Å². The van der Waals surface area contributed by atoms with Crippen molar-refractivity contribution in [3.05, 3.63) is 48.0 Å². The molecule has 7 heteroatoms. The van der Waals surface area contributed by atoms with E-state index in [2.05, 4.69) is 83.4 Å². The molecule has 1 aromatic heterocycles. The Balaban J connectivity index is 0.00000338. The second kappa shape index (κ2) is 11.9. The van der Waals surface area contributed by atoms with E-state index in [4.69, 9.17) is 4.99 Å². The highest BCUT2D eigenvalue weighted by Gasteiger charge is 2.15. The van der Waals surface area contributed by atoms with E-state index in [1.165, 1.54) is 5.56 Å². The summed E-state index contributed by atoms with van der Waals surface area (Å²) in [4.78, 5) is 4.70. The second-order valence-electron chi connectivity index (χ2n) is 6.19. The van der Waals surface area contributed by atoms with Crippen LogP contribution in [0.15, 0.2) is 41.7 Å². The zero-order valence-corrected chi connectivity index (χ0v) is 18.5. The van der Waals surface area contributed by atoms with Crippen LogP contribution in [0.4, 0.5) is 0 Å². The lowest BCUT2D eigenvalue weighted by Crippen LogP contribution is -2.44. The zero-order valence-electron chi connectivity index (χ0n) is 16.1. The van der Waals surface area contributed by atoms with Crippen molar-refractivity contribution in [1.82, 2.24) is 25.4 Å². The number of nitrogens with zero attached hydrogens (tertiary/aromatic N) is 4. The molecular formula is C19H31IN6. The van der Waals surface area contributed by atoms with Gasteiger partial charge in [0.15, 0.2) is 5.96 Å². The van der Waals surface area contributed by atoms with Gasteiger partial charge in [-0.25, -0.2) is 0 Å². The summed E-state index contributed by atoms with van der Waals surface area (Å²) < 4.78 is 2.06. The molecule has 0 aliphatic rings. The van der Waals surface area contributed by atoms with Crippen LogP contribution < -0.4 is 10.6 Å². The van der Waals surface area contributed by atoms with Gasteiger partial charge in [-0.05, 0) is 19.4 Å². The molecule has 6 nitrogen and oxygen atoms in total. The van der Waals surface area contributed by atoms with Crippen molar-refractivity contribution < 1.29 is 0 Å². The highest BCUT2D eigenvalue weighted by molar-refractivity contribution is 14.0. The van der Waals surface area contributed by atoms with Crippen molar-refractivity contribution in [3.63, 3.8) is 0 Å². The quantitative estimate of drug-likeness (QED) is 0.353. The van der Waals surface area contributed by atoms with Crippen LogP contribution in [0.25, 0.3) is 0 Å². The monoisotopic (exact) mass is 470 g/mol. The molecule has 1 heterocycles. The molecule has 0 fully saturated rings. The molecule has 144 valence electrons. The zero-order chi connectivity index (χ0) is 18.1. The third-order valence-corrected chi connectivity index (χ3v) is 4.41. The van der Waals surface area contributed by atoms with Gasteiger partial charge in [-0.3, -0.25) is 4.99 Å². The van der Waals surface area contributed by atoms with Gasteiger partial charge < -0.3 is 15.2 Å². The van der Waals surface area contributed by atoms with Gasteiger partial charge in [0.2, 0.25) is 0 Å². The lowest BCUT2D eigenvalue weighted by molar-refractivity contribution is 0.549. The number of hydrogen-bond donors (Lipinski definition) is 2. The maximum atomic E-state index is 4.70. The summed E-state index contributed by atoms with van der Waals surface area (Å²) in [7, 11) is 0. The van der Waals surface area contributed by atoms with Crippen molar-refractivity contribution in [2.75, 3.05) is 13.1 Å². The Labute approximate surface area is 173 Å². The first-order valence-electron chi connectivity index (χ1n) is 9.12. The standard InChI is InChI=1S/C19H30N6.HI/c1-5-18-24-22-14-25(18)13-12-21-19(20-6-2)23-16(4)15(3)17-10-8-7-9-11-17;/h7-11,14-16H,5-6,12-13H2,1-4H3,(H2,20,21,23);1H. The van der Waals surface area contributed by atoms with Crippen LogP contribution in [0, 0.1) is 0 Å². The summed E-state index contributed by atoms with van der Waals surface area (Å²) in [5, 5.41) is 14.9. The van der Waals surface area contributed by atoms with Crippen molar-refractivity contribution in [2.45, 2.75) is 52.6 Å². The van der Waals surface area contributed by atoms with E-state index in [9.17, 15) is 0 Å². The lowest BCUT2D eigenvalue weighted by atomic mass is 9.94. The minimum absolute atomic E-state index is 0. The summed E-state index contributed by atoms with van der Waals surface area (Å²) in [6.45, 7) is 10.9. The number of halogens is 1. The van der Waals surface area contributed by atoms with Gasteiger partial charge in [-0.2, -0.15) is 0 Å². The molecule has 1 aromatic carbocycles. The van der Waals surface area contributed by atoms with Crippen molar-refractivity contribution in [3.8, 4) is 0 Å². The molecule has 0 aliphatic heterocycles. The van der Waals surface area contributed by atoms with Crippen molar-refractivity contribution in [2.24, 2.45) is 4.99 Å². The minimum atomic E-state index is 0. The summed E-state index contributed by atoms with van der Waals surface area (Å²) in [5.74, 6) is 2.25. The Kier molecular flexibility index (Phi) is 10.2. The predicted molar refractivity (Wildman–Crippen MR) is 118 cm³/mol. The minimum Gasteiger partial charge on any atom is -0.357 e. The summed E-state index contributed by atoms with van der Waals surface area (Å²) in [5.41, 5.74) is 1.33. The lowest BCUT2D eigenvalue weighted by Gasteiger charge is -2.24. The second-order valence-corrected chi connectivity index (χ2v) is 6.19. The van der Waals surface area contributed by atoms with Gasteiger partial charge >= 0.3 is 0 Å². The first kappa shape index (κ1) is 22.4. The van der Waals surface area contributed by atoms with E-state index in [0.717, 1.165) is 31.3 Å². The molecule has 0 amide bonds. The average Bonchev–Trinajstić information content (AvgIpc) is 3.09. The number of hydrogen-bond acceptors (Lipinski definition) is 3. The molecule has 0 radical (unpaired) electrons. The van der Waals surface area contributed by atoms with Crippen molar-refractivity contribution in [1.29, 1.82) is 0 Å². The third kappa shape index (κ3) is 6.59. The number of nitrogens with one attached hydrogen (secondary N) is 2. The Morgan fingerprint density at radius 3 is 2.58 bits per heavy atom. The Morgan fingerprint density at radius 2 is 1.92 bits per heavy atom. The SMILES string of the molecule is CCNC(=NCCn1cnnc1CC)NC(C)C(C)c1ccccc1.I. The number of rotatable bonds is 8. The smallest absolute Gasteiger partial charge is 0.191 e. The van der Waals surface area contributed by atoms with Crippen LogP contribution >= 0.6 is 24.0 Å². The molecule has 2 N–H and O–H groups in total. The Morgan fingerprint density at radius 1 is 1.19 bits per heavy atom. The fourth-order valence-electron chi connectivity index (χ4n) is 2.71. The summed E-state index contributed by atoms with van der Waals surface area (Å²) >= 11 is 0.